The van der Waals surface area contributed by atoms with Gasteiger partial charge in [-0.2, -0.15) is 4.57 Å². The highest BCUT2D eigenvalue weighted by molar-refractivity contribution is 5.94. The van der Waals surface area contributed by atoms with Gasteiger partial charge in [0.2, 0.25) is 12.3 Å². The van der Waals surface area contributed by atoms with E-state index in [0.29, 0.717) is 6.54 Å². The van der Waals surface area contributed by atoms with E-state index in [0.717, 1.165) is 11.1 Å². The van der Waals surface area contributed by atoms with Crippen molar-refractivity contribution in [2.24, 2.45) is 0 Å². The Morgan fingerprint density at radius 1 is 1.12 bits per heavy atom. The minimum atomic E-state index is 0. The normalized spacial score (nSPS) is 9.47. The number of aromatic nitrogens is 1. The molecule has 0 aliphatic carbocycles. The zero-order chi connectivity index (χ0) is 11.4. The number of ketones is 1. The molecule has 0 unspecified atom stereocenters. The molecule has 1 heterocycles. The van der Waals surface area contributed by atoms with Crippen molar-refractivity contribution >= 4 is 5.78 Å². The van der Waals surface area contributed by atoms with Gasteiger partial charge in [-0.15, -0.1) is 0 Å². The molecule has 0 saturated heterocycles. The highest BCUT2D eigenvalue weighted by Gasteiger charge is 2.10. The first-order chi connectivity index (χ1) is 7.75. The first-order valence-electron chi connectivity index (χ1n) is 5.30. The molecular formula is C14H14BrNO. The van der Waals surface area contributed by atoms with E-state index in [2.05, 4.69) is 0 Å². The number of aryl methyl sites for hydroxylation is 1. The second kappa shape index (κ2) is 6.30. The second-order valence-electron chi connectivity index (χ2n) is 3.84. The van der Waals surface area contributed by atoms with Gasteiger partial charge in [0.15, 0.2) is 12.4 Å². The van der Waals surface area contributed by atoms with Gasteiger partial charge in [0.25, 0.3) is 0 Å². The molecule has 2 aromatic rings. The summed E-state index contributed by atoms with van der Waals surface area (Å²) in [6.07, 6.45) is 3.88. The number of benzene rings is 1. The van der Waals surface area contributed by atoms with E-state index < -0.39 is 0 Å². The lowest BCUT2D eigenvalue weighted by Gasteiger charge is -1.98. The fraction of sp³-hybridized carbons (Fsp3) is 0.143. The van der Waals surface area contributed by atoms with E-state index in [9.17, 15) is 4.79 Å². The predicted octanol–water partition coefficient (Wildman–Crippen LogP) is -0.831. The van der Waals surface area contributed by atoms with Crippen LogP contribution in [0, 0.1) is 6.92 Å². The minimum absolute atomic E-state index is 0. The van der Waals surface area contributed by atoms with Crippen LogP contribution in [-0.2, 0) is 6.54 Å². The number of pyridine rings is 1. The van der Waals surface area contributed by atoms with Crippen LogP contribution in [0.4, 0.5) is 0 Å². The van der Waals surface area contributed by atoms with Gasteiger partial charge >= 0.3 is 0 Å². The summed E-state index contributed by atoms with van der Waals surface area (Å²) in [6.45, 7) is 2.41. The molecule has 0 fully saturated rings. The summed E-state index contributed by atoms with van der Waals surface area (Å²) in [5, 5.41) is 0. The Morgan fingerprint density at radius 3 is 2.47 bits per heavy atom. The molecule has 2 rings (SSSR count). The standard InChI is InChI=1S/C14H14NO.BrH/c1-12-6-5-9-15(10-12)11-14(16)13-7-3-2-4-8-13;/h2-10H,11H2,1H3;1H/q+1;/p-1. The van der Waals surface area contributed by atoms with E-state index in [-0.39, 0.29) is 22.8 Å². The molecule has 0 saturated carbocycles. The molecule has 0 spiro atoms. The Hall–Kier alpha value is -1.48. The average Bonchev–Trinajstić information content (AvgIpc) is 2.30. The number of Topliss-reactive ketones (excluding diaryl/α,β-unsaturated/α-hetero) is 1. The predicted molar refractivity (Wildman–Crippen MR) is 62.1 cm³/mol. The first-order valence-corrected chi connectivity index (χ1v) is 5.30. The van der Waals surface area contributed by atoms with Crippen molar-refractivity contribution in [1.82, 2.24) is 0 Å². The number of halogens is 1. The molecule has 0 amide bonds. The van der Waals surface area contributed by atoms with E-state index in [1.807, 2.05) is 66.3 Å². The molecule has 0 aliphatic heterocycles. The molecule has 0 N–H and O–H groups in total. The Bertz CT molecular complexity index is 497. The summed E-state index contributed by atoms with van der Waals surface area (Å²) in [7, 11) is 0. The van der Waals surface area contributed by atoms with E-state index in [1.54, 1.807) is 0 Å². The number of nitrogens with zero attached hydrogens (tertiary/aromatic N) is 1. The van der Waals surface area contributed by atoms with Crippen molar-refractivity contribution in [3.63, 3.8) is 0 Å². The Morgan fingerprint density at radius 2 is 1.82 bits per heavy atom. The average molecular weight is 292 g/mol. The lowest BCUT2D eigenvalue weighted by Crippen LogP contribution is -3.00. The van der Waals surface area contributed by atoms with Crippen LogP contribution in [0.15, 0.2) is 54.9 Å². The molecule has 0 aliphatic rings. The van der Waals surface area contributed by atoms with Gasteiger partial charge in [-0.3, -0.25) is 4.79 Å². The molecule has 1 aromatic heterocycles. The van der Waals surface area contributed by atoms with Crippen LogP contribution < -0.4 is 21.5 Å². The molecule has 0 atom stereocenters. The van der Waals surface area contributed by atoms with Crippen LogP contribution in [-0.4, -0.2) is 5.78 Å². The summed E-state index contributed by atoms with van der Waals surface area (Å²) in [4.78, 5) is 11.9. The topological polar surface area (TPSA) is 20.9 Å². The van der Waals surface area contributed by atoms with Gasteiger partial charge in [-0.1, -0.05) is 30.3 Å². The Labute approximate surface area is 112 Å². The third-order valence-corrected chi connectivity index (χ3v) is 2.43. The summed E-state index contributed by atoms with van der Waals surface area (Å²) >= 11 is 0. The number of rotatable bonds is 3. The zero-order valence-corrected chi connectivity index (χ0v) is 11.2. The SMILES string of the molecule is Cc1ccc[n+](CC(=O)c2ccccc2)c1.[Br-]. The molecular weight excluding hydrogens is 278 g/mol. The van der Waals surface area contributed by atoms with Crippen molar-refractivity contribution in [2.75, 3.05) is 0 Å². The van der Waals surface area contributed by atoms with Gasteiger partial charge in [0.1, 0.15) is 0 Å². The smallest absolute Gasteiger partial charge is 0.227 e. The maximum atomic E-state index is 11.9. The largest absolute Gasteiger partial charge is 1.00 e. The van der Waals surface area contributed by atoms with Crippen molar-refractivity contribution in [1.29, 1.82) is 0 Å². The van der Waals surface area contributed by atoms with Gasteiger partial charge < -0.3 is 17.0 Å². The highest BCUT2D eigenvalue weighted by Crippen LogP contribution is 2.00. The summed E-state index contributed by atoms with van der Waals surface area (Å²) in [5.41, 5.74) is 1.92. The number of carbonyl (C=O) groups excluding carboxylic acids is 1. The summed E-state index contributed by atoms with van der Waals surface area (Å²) in [6, 6.07) is 13.3. The first kappa shape index (κ1) is 13.6. The van der Waals surface area contributed by atoms with E-state index in [1.165, 1.54) is 0 Å². The Kier molecular flexibility index (Phi) is 5.04. The number of hydrogen-bond donors (Lipinski definition) is 0. The molecule has 17 heavy (non-hydrogen) atoms. The van der Waals surface area contributed by atoms with Crippen molar-refractivity contribution < 1.29 is 26.3 Å². The van der Waals surface area contributed by atoms with Crippen LogP contribution in [0.5, 0.6) is 0 Å². The summed E-state index contributed by atoms with van der Waals surface area (Å²) < 4.78 is 1.91. The van der Waals surface area contributed by atoms with Gasteiger partial charge in [0, 0.05) is 17.2 Å². The Balaban J connectivity index is 0.00000144. The minimum Gasteiger partial charge on any atom is -1.00 e. The fourth-order valence-electron chi connectivity index (χ4n) is 1.63. The van der Waals surface area contributed by atoms with Crippen molar-refractivity contribution in [2.45, 2.75) is 13.5 Å². The molecule has 88 valence electrons. The van der Waals surface area contributed by atoms with Crippen LogP contribution in [0.2, 0.25) is 0 Å². The second-order valence-corrected chi connectivity index (χ2v) is 3.84. The van der Waals surface area contributed by atoms with Crippen LogP contribution in [0.1, 0.15) is 15.9 Å². The van der Waals surface area contributed by atoms with Gasteiger partial charge in [-0.05, 0) is 13.0 Å². The lowest BCUT2D eigenvalue weighted by molar-refractivity contribution is -0.683. The summed E-state index contributed by atoms with van der Waals surface area (Å²) in [5.74, 6) is 0.135. The van der Waals surface area contributed by atoms with Crippen LogP contribution >= 0.6 is 0 Å². The zero-order valence-electron chi connectivity index (χ0n) is 9.64. The molecule has 3 heteroatoms. The number of carbonyl (C=O) groups is 1. The van der Waals surface area contributed by atoms with Crippen LogP contribution in [0.3, 0.4) is 0 Å². The third-order valence-electron chi connectivity index (χ3n) is 2.43. The van der Waals surface area contributed by atoms with Crippen molar-refractivity contribution in [3.8, 4) is 0 Å². The monoisotopic (exact) mass is 291 g/mol. The van der Waals surface area contributed by atoms with Crippen molar-refractivity contribution in [3.05, 3.63) is 66.0 Å². The van der Waals surface area contributed by atoms with E-state index in [4.69, 9.17) is 0 Å². The third kappa shape index (κ3) is 3.79. The fourth-order valence-corrected chi connectivity index (χ4v) is 1.63. The molecule has 0 radical (unpaired) electrons. The lowest BCUT2D eigenvalue weighted by atomic mass is 10.1. The maximum absolute atomic E-state index is 11.9. The van der Waals surface area contributed by atoms with Crippen LogP contribution in [0.25, 0.3) is 0 Å². The van der Waals surface area contributed by atoms with E-state index >= 15 is 0 Å². The molecule has 1 aromatic carbocycles. The highest BCUT2D eigenvalue weighted by atomic mass is 79.9. The maximum Gasteiger partial charge on any atom is 0.227 e. The quantitative estimate of drug-likeness (QED) is 0.534. The van der Waals surface area contributed by atoms with Gasteiger partial charge in [0.05, 0.1) is 0 Å². The number of hydrogen-bond acceptors (Lipinski definition) is 1. The molecule has 0 bridgehead atoms. The van der Waals surface area contributed by atoms with Gasteiger partial charge in [-0.25, -0.2) is 0 Å². The molecule has 2 nitrogen and oxygen atoms in total.